The Hall–Kier alpha value is -1.31. The van der Waals surface area contributed by atoms with Crippen molar-refractivity contribution in [3.05, 3.63) is 29.8 Å². The Balaban J connectivity index is 2.64. The SMILES string of the molecule is CC(=O)C[C@@H](CC(C)C)Nc1ccc(C)cc1. The van der Waals surface area contributed by atoms with E-state index in [-0.39, 0.29) is 11.8 Å². The Labute approximate surface area is 104 Å². The lowest BCUT2D eigenvalue weighted by molar-refractivity contribution is -0.117. The van der Waals surface area contributed by atoms with Crippen molar-refractivity contribution in [2.24, 2.45) is 5.92 Å². The second kappa shape index (κ2) is 6.43. The molecule has 0 heterocycles. The molecule has 1 aromatic rings. The Kier molecular flexibility index (Phi) is 5.20. The van der Waals surface area contributed by atoms with Crippen LogP contribution in [0.4, 0.5) is 5.69 Å². The maximum Gasteiger partial charge on any atom is 0.131 e. The second-order valence-electron chi connectivity index (χ2n) is 5.24. The highest BCUT2D eigenvalue weighted by Gasteiger charge is 2.12. The molecule has 0 amide bonds. The first-order chi connectivity index (χ1) is 7.97. The van der Waals surface area contributed by atoms with Crippen LogP contribution < -0.4 is 5.32 Å². The molecule has 0 aliphatic carbocycles. The minimum atomic E-state index is 0.246. The number of hydrogen-bond acceptors (Lipinski definition) is 2. The average Bonchev–Trinajstić information content (AvgIpc) is 2.19. The van der Waals surface area contributed by atoms with Gasteiger partial charge in [-0.2, -0.15) is 0 Å². The van der Waals surface area contributed by atoms with Gasteiger partial charge in [-0.15, -0.1) is 0 Å². The third kappa shape index (κ3) is 5.53. The number of carbonyl (C=O) groups excluding carboxylic acids is 1. The number of aryl methyl sites for hydroxylation is 1. The summed E-state index contributed by atoms with van der Waals surface area (Å²) in [6, 6.07) is 8.56. The summed E-state index contributed by atoms with van der Waals surface area (Å²) in [5, 5.41) is 3.45. The molecule has 1 N–H and O–H groups in total. The van der Waals surface area contributed by atoms with Crippen LogP contribution in [-0.2, 0) is 4.79 Å². The molecule has 94 valence electrons. The van der Waals surface area contributed by atoms with Crippen molar-refractivity contribution >= 4 is 11.5 Å². The summed E-state index contributed by atoms with van der Waals surface area (Å²) in [7, 11) is 0. The Morgan fingerprint density at radius 1 is 1.24 bits per heavy atom. The molecule has 2 heteroatoms. The summed E-state index contributed by atoms with van der Waals surface area (Å²) in [6.07, 6.45) is 1.62. The molecule has 2 nitrogen and oxygen atoms in total. The average molecular weight is 233 g/mol. The van der Waals surface area contributed by atoms with Crippen molar-refractivity contribution in [1.29, 1.82) is 0 Å². The number of carbonyl (C=O) groups is 1. The number of hydrogen-bond donors (Lipinski definition) is 1. The molecule has 0 bridgehead atoms. The van der Waals surface area contributed by atoms with Gasteiger partial charge in [-0.1, -0.05) is 31.5 Å². The van der Waals surface area contributed by atoms with Gasteiger partial charge in [0.1, 0.15) is 5.78 Å². The Morgan fingerprint density at radius 2 is 1.82 bits per heavy atom. The van der Waals surface area contributed by atoms with E-state index in [1.165, 1.54) is 5.56 Å². The second-order valence-corrected chi connectivity index (χ2v) is 5.24. The van der Waals surface area contributed by atoms with Crippen LogP contribution in [-0.4, -0.2) is 11.8 Å². The smallest absolute Gasteiger partial charge is 0.131 e. The predicted molar refractivity (Wildman–Crippen MR) is 73.3 cm³/mol. The third-order valence-corrected chi connectivity index (χ3v) is 2.71. The molecule has 1 atom stereocenters. The standard InChI is InChI=1S/C15H23NO/c1-11(2)9-15(10-13(4)17)16-14-7-5-12(3)6-8-14/h5-8,11,15-16H,9-10H2,1-4H3/t15-/m1/s1. The van der Waals surface area contributed by atoms with Crippen molar-refractivity contribution in [3.8, 4) is 0 Å². The van der Waals surface area contributed by atoms with Gasteiger partial charge in [0.2, 0.25) is 0 Å². The highest BCUT2D eigenvalue weighted by Crippen LogP contribution is 2.16. The largest absolute Gasteiger partial charge is 0.382 e. The van der Waals surface area contributed by atoms with E-state index in [0.717, 1.165) is 12.1 Å². The van der Waals surface area contributed by atoms with Crippen molar-refractivity contribution in [2.75, 3.05) is 5.32 Å². The van der Waals surface area contributed by atoms with E-state index in [0.29, 0.717) is 12.3 Å². The molecular formula is C15H23NO. The maximum absolute atomic E-state index is 11.2. The zero-order valence-electron chi connectivity index (χ0n) is 11.3. The van der Waals surface area contributed by atoms with Crippen molar-refractivity contribution < 1.29 is 4.79 Å². The van der Waals surface area contributed by atoms with Crippen molar-refractivity contribution in [2.45, 2.75) is 46.6 Å². The molecule has 0 fully saturated rings. The zero-order valence-corrected chi connectivity index (χ0v) is 11.3. The van der Waals surface area contributed by atoms with Gasteiger partial charge in [0.15, 0.2) is 0 Å². The van der Waals surface area contributed by atoms with Gasteiger partial charge in [-0.3, -0.25) is 4.79 Å². The van der Waals surface area contributed by atoms with Crippen molar-refractivity contribution in [3.63, 3.8) is 0 Å². The number of nitrogens with one attached hydrogen (secondary N) is 1. The molecule has 1 rings (SSSR count). The summed E-state index contributed by atoms with van der Waals surface area (Å²) in [5.74, 6) is 0.840. The Morgan fingerprint density at radius 3 is 2.29 bits per heavy atom. The molecule has 0 aliphatic heterocycles. The molecule has 1 aromatic carbocycles. The number of Topliss-reactive ketones (excluding diaryl/α,β-unsaturated/α-hetero) is 1. The maximum atomic E-state index is 11.2. The van der Waals surface area contributed by atoms with E-state index in [1.54, 1.807) is 6.92 Å². The van der Waals surface area contributed by atoms with E-state index in [2.05, 4.69) is 50.4 Å². The quantitative estimate of drug-likeness (QED) is 0.809. The highest BCUT2D eigenvalue weighted by molar-refractivity contribution is 5.76. The first-order valence-corrected chi connectivity index (χ1v) is 6.30. The molecule has 0 aliphatic rings. The van der Waals surface area contributed by atoms with Crippen LogP contribution in [0.1, 0.15) is 39.2 Å². The molecule has 0 aromatic heterocycles. The Bertz CT molecular complexity index is 354. The third-order valence-electron chi connectivity index (χ3n) is 2.71. The molecule has 0 unspecified atom stereocenters. The van der Waals surface area contributed by atoms with Gasteiger partial charge in [0, 0.05) is 18.2 Å². The van der Waals surface area contributed by atoms with E-state index in [1.807, 2.05) is 0 Å². The van der Waals surface area contributed by atoms with Gasteiger partial charge < -0.3 is 5.32 Å². The lowest BCUT2D eigenvalue weighted by Gasteiger charge is -2.20. The molecular weight excluding hydrogens is 210 g/mol. The van der Waals surface area contributed by atoms with E-state index >= 15 is 0 Å². The summed E-state index contributed by atoms with van der Waals surface area (Å²) in [5.41, 5.74) is 2.35. The summed E-state index contributed by atoms with van der Waals surface area (Å²) < 4.78 is 0. The first-order valence-electron chi connectivity index (χ1n) is 6.30. The summed E-state index contributed by atoms with van der Waals surface area (Å²) in [6.45, 7) is 8.10. The van der Waals surface area contributed by atoms with Crippen LogP contribution in [0.3, 0.4) is 0 Å². The van der Waals surface area contributed by atoms with Crippen LogP contribution in [0.2, 0.25) is 0 Å². The topological polar surface area (TPSA) is 29.1 Å². The fraction of sp³-hybridized carbons (Fsp3) is 0.533. The van der Waals surface area contributed by atoms with Gasteiger partial charge in [-0.25, -0.2) is 0 Å². The summed E-state index contributed by atoms with van der Waals surface area (Å²) >= 11 is 0. The lowest BCUT2D eigenvalue weighted by Crippen LogP contribution is -2.24. The number of rotatable bonds is 6. The first kappa shape index (κ1) is 13.8. The predicted octanol–water partition coefficient (Wildman–Crippen LogP) is 3.80. The normalized spacial score (nSPS) is 12.5. The fourth-order valence-electron chi connectivity index (χ4n) is 1.99. The number of ketones is 1. The van der Waals surface area contributed by atoms with Crippen molar-refractivity contribution in [1.82, 2.24) is 0 Å². The number of anilines is 1. The fourth-order valence-corrected chi connectivity index (χ4v) is 1.99. The van der Waals surface area contributed by atoms with Gasteiger partial charge in [0.05, 0.1) is 0 Å². The zero-order chi connectivity index (χ0) is 12.8. The van der Waals surface area contributed by atoms with E-state index in [9.17, 15) is 4.79 Å². The van der Waals surface area contributed by atoms with E-state index in [4.69, 9.17) is 0 Å². The molecule has 17 heavy (non-hydrogen) atoms. The monoisotopic (exact) mass is 233 g/mol. The highest BCUT2D eigenvalue weighted by atomic mass is 16.1. The van der Waals surface area contributed by atoms with Crippen LogP contribution in [0.15, 0.2) is 24.3 Å². The molecule has 0 saturated heterocycles. The van der Waals surface area contributed by atoms with Crippen LogP contribution in [0.5, 0.6) is 0 Å². The van der Waals surface area contributed by atoms with Crippen LogP contribution in [0, 0.1) is 12.8 Å². The van der Waals surface area contributed by atoms with Gasteiger partial charge in [-0.05, 0) is 38.3 Å². The number of benzene rings is 1. The molecule has 0 spiro atoms. The summed E-state index contributed by atoms with van der Waals surface area (Å²) in [4.78, 5) is 11.2. The minimum Gasteiger partial charge on any atom is -0.382 e. The molecule has 0 saturated carbocycles. The molecule has 0 radical (unpaired) electrons. The van der Waals surface area contributed by atoms with Crippen LogP contribution in [0.25, 0.3) is 0 Å². The lowest BCUT2D eigenvalue weighted by atomic mass is 9.99. The van der Waals surface area contributed by atoms with Gasteiger partial charge in [0.25, 0.3) is 0 Å². The minimum absolute atomic E-state index is 0.246. The van der Waals surface area contributed by atoms with E-state index < -0.39 is 0 Å². The van der Waals surface area contributed by atoms with Crippen LogP contribution >= 0.6 is 0 Å². The van der Waals surface area contributed by atoms with Gasteiger partial charge >= 0.3 is 0 Å².